The van der Waals surface area contributed by atoms with E-state index in [9.17, 15) is 0 Å². The van der Waals surface area contributed by atoms with Gasteiger partial charge in [0.1, 0.15) is 0 Å². The van der Waals surface area contributed by atoms with E-state index >= 15 is 0 Å². The Bertz CT molecular complexity index is 1930. The van der Waals surface area contributed by atoms with Crippen molar-refractivity contribution in [3.05, 3.63) is 146 Å². The maximum absolute atomic E-state index is 3.34. The zero-order valence-corrected chi connectivity index (χ0v) is 47.5. The first kappa shape index (κ1) is 54.3. The van der Waals surface area contributed by atoms with Gasteiger partial charge in [-0.2, -0.15) is 45.8 Å². The van der Waals surface area contributed by atoms with Crippen molar-refractivity contribution in [3.63, 3.8) is 0 Å². The summed E-state index contributed by atoms with van der Waals surface area (Å²) in [5, 5.41) is 17.4. The Morgan fingerprint density at radius 2 is 0.466 bits per heavy atom. The van der Waals surface area contributed by atoms with Crippen LogP contribution in [0.2, 0.25) is 78.6 Å². The van der Waals surface area contributed by atoms with Crippen LogP contribution in [0.25, 0.3) is 43.1 Å². The fourth-order valence-corrected chi connectivity index (χ4v) is 11.0. The number of benzene rings is 4. The Labute approximate surface area is 397 Å². The van der Waals surface area contributed by atoms with Gasteiger partial charge in [0.15, 0.2) is 0 Å². The smallest absolute Gasteiger partial charge is 1.00 e. The van der Waals surface area contributed by atoms with Crippen LogP contribution in [0.3, 0.4) is 0 Å². The fourth-order valence-electron chi connectivity index (χ4n) is 6.33. The molecule has 0 aliphatic carbocycles. The second kappa shape index (κ2) is 24.1. The van der Waals surface area contributed by atoms with Gasteiger partial charge in [0, 0.05) is 0 Å². The Kier molecular flexibility index (Phi) is 22.5. The number of hydrogen-bond acceptors (Lipinski definition) is 0. The molecule has 0 bridgehead atoms. The summed E-state index contributed by atoms with van der Waals surface area (Å²) in [6.45, 7) is 28.7. The van der Waals surface area contributed by atoms with Gasteiger partial charge in [-0.05, 0) is 0 Å². The Morgan fingerprint density at radius 3 is 0.603 bits per heavy atom. The maximum atomic E-state index is 3.34. The summed E-state index contributed by atoms with van der Waals surface area (Å²) < 4.78 is 6.68. The van der Waals surface area contributed by atoms with E-state index < -0.39 is 32.3 Å². The van der Waals surface area contributed by atoms with E-state index in [1.807, 2.05) is 0 Å². The molecular formula is C50H64Cl2Si4Zr2-2. The number of halogens is 2. The fraction of sp³-hybridized carbons (Fsp3) is 0.240. The molecule has 8 aromatic carbocycles. The second-order valence-corrected chi connectivity index (χ2v) is 38.8. The molecule has 0 aliphatic heterocycles. The topological polar surface area (TPSA) is 0 Å². The SMILES string of the molecule is C[Si](C)(C)c1cc2ccccc2[cH-]1.C[Si](C)(C)c1cc2ccccc2[cH-]1.C[Si](C)(C)c1cc2ccccc2[cH-]1.C[Si](C)(C)c1cc2ccccc2[cH-]1.[CH2]=[Zr+2].[CH2]=[Zr+2].[Cl-].[Cl-]. The van der Waals surface area contributed by atoms with Crippen molar-refractivity contribution in [1.82, 2.24) is 0 Å². The first-order valence-electron chi connectivity index (χ1n) is 19.6. The largest absolute Gasteiger partial charge is 1.00 e. The molecule has 0 saturated heterocycles. The van der Waals surface area contributed by atoms with Gasteiger partial charge in [-0.1, -0.05) is 103 Å². The third kappa shape index (κ3) is 15.9. The molecule has 0 unspecified atom stereocenters. The summed E-state index contributed by atoms with van der Waals surface area (Å²) in [5.74, 6) is 0. The van der Waals surface area contributed by atoms with E-state index in [0.717, 1.165) is 0 Å². The van der Waals surface area contributed by atoms with Crippen molar-refractivity contribution in [3.8, 4) is 0 Å². The van der Waals surface area contributed by atoms with E-state index in [2.05, 4.69) is 233 Å². The molecule has 0 heterocycles. The summed E-state index contributed by atoms with van der Waals surface area (Å²) in [4.78, 5) is 0. The molecule has 0 saturated carbocycles. The van der Waals surface area contributed by atoms with Crippen LogP contribution in [0, 0.1) is 0 Å². The maximum Gasteiger partial charge on any atom is -1.00 e. The zero-order chi connectivity index (χ0) is 41.9. The van der Waals surface area contributed by atoms with Crippen LogP contribution in [0.15, 0.2) is 146 Å². The third-order valence-corrected chi connectivity index (χ3v) is 18.0. The average Bonchev–Trinajstić information content (AvgIpc) is 3.97. The Hall–Kier alpha value is -1.73. The van der Waals surface area contributed by atoms with E-state index in [1.165, 1.54) is 91.6 Å². The summed E-state index contributed by atoms with van der Waals surface area (Å²) in [5.41, 5.74) is 0. The molecule has 0 fully saturated rings. The molecule has 8 rings (SSSR count). The number of hydrogen-bond donors (Lipinski definition) is 0. The van der Waals surface area contributed by atoms with Crippen LogP contribution >= 0.6 is 0 Å². The minimum Gasteiger partial charge on any atom is -1.00 e. The van der Waals surface area contributed by atoms with E-state index in [0.29, 0.717) is 0 Å². The van der Waals surface area contributed by atoms with Crippen LogP contribution in [0.1, 0.15) is 0 Å². The Balaban J connectivity index is 0.000000371. The predicted molar refractivity (Wildman–Crippen MR) is 264 cm³/mol. The molecular weight excluding hydrogens is 966 g/mol. The van der Waals surface area contributed by atoms with Gasteiger partial charge in [0.25, 0.3) is 0 Å². The van der Waals surface area contributed by atoms with Gasteiger partial charge >= 0.3 is 56.9 Å². The van der Waals surface area contributed by atoms with E-state index in [-0.39, 0.29) is 24.8 Å². The van der Waals surface area contributed by atoms with Crippen molar-refractivity contribution in [1.29, 1.82) is 0 Å². The minimum atomic E-state index is -1.12. The van der Waals surface area contributed by atoms with Gasteiger partial charge in [0.2, 0.25) is 0 Å². The first-order chi connectivity index (χ1) is 26.3. The first-order valence-corrected chi connectivity index (χ1v) is 37.1. The Morgan fingerprint density at radius 1 is 0.310 bits per heavy atom. The molecule has 0 aliphatic rings. The van der Waals surface area contributed by atoms with Crippen molar-refractivity contribution in [2.24, 2.45) is 0 Å². The zero-order valence-electron chi connectivity index (χ0n) is 37.0. The molecule has 0 amide bonds. The summed E-state index contributed by atoms with van der Waals surface area (Å²) in [6, 6.07) is 53.2. The number of fused-ring (bicyclic) bond motifs is 4. The van der Waals surface area contributed by atoms with Crippen LogP contribution in [-0.2, 0) is 48.5 Å². The van der Waals surface area contributed by atoms with Crippen LogP contribution in [0.4, 0.5) is 0 Å². The van der Waals surface area contributed by atoms with Crippen molar-refractivity contribution in [2.45, 2.75) is 78.6 Å². The summed E-state index contributed by atoms with van der Waals surface area (Å²) >= 11 is 2.60. The third-order valence-electron chi connectivity index (χ3n) is 9.94. The second-order valence-electron chi connectivity index (χ2n) is 18.5. The van der Waals surface area contributed by atoms with Crippen molar-refractivity contribution < 1.29 is 73.3 Å². The summed E-state index contributed by atoms with van der Waals surface area (Å²) in [7, 11) is -4.47. The molecule has 8 heteroatoms. The molecule has 58 heavy (non-hydrogen) atoms. The van der Waals surface area contributed by atoms with Gasteiger partial charge < -0.3 is 24.8 Å². The van der Waals surface area contributed by atoms with Crippen LogP contribution < -0.4 is 45.6 Å². The normalized spacial score (nSPS) is 11.2. The predicted octanol–water partition coefficient (Wildman–Crippen LogP) is 6.35. The molecule has 0 nitrogen and oxygen atoms in total. The van der Waals surface area contributed by atoms with Gasteiger partial charge in [-0.15, -0.1) is 139 Å². The molecule has 0 atom stereocenters. The van der Waals surface area contributed by atoms with Crippen molar-refractivity contribution in [2.75, 3.05) is 0 Å². The summed E-state index contributed by atoms with van der Waals surface area (Å²) in [6.07, 6.45) is 0. The molecule has 0 spiro atoms. The van der Waals surface area contributed by atoms with E-state index in [4.69, 9.17) is 0 Å². The molecule has 0 radical (unpaired) electrons. The minimum absolute atomic E-state index is 0. The van der Waals surface area contributed by atoms with Crippen LogP contribution in [-0.4, -0.2) is 40.7 Å². The quantitative estimate of drug-likeness (QED) is 0.143. The van der Waals surface area contributed by atoms with Gasteiger partial charge in [-0.3, -0.25) is 0 Å². The average molecular weight is 1030 g/mol. The van der Waals surface area contributed by atoms with Crippen LogP contribution in [0.5, 0.6) is 0 Å². The van der Waals surface area contributed by atoms with Gasteiger partial charge in [0.05, 0.1) is 32.3 Å². The molecule has 8 aromatic rings. The van der Waals surface area contributed by atoms with Gasteiger partial charge in [-0.25, -0.2) is 0 Å². The van der Waals surface area contributed by atoms with E-state index in [1.54, 1.807) is 20.7 Å². The van der Waals surface area contributed by atoms with Crippen molar-refractivity contribution >= 4 is 105 Å². The number of rotatable bonds is 4. The monoisotopic (exact) mass is 1030 g/mol. The molecule has 0 N–H and O–H groups in total. The molecule has 304 valence electrons. The molecule has 0 aromatic heterocycles. The standard InChI is InChI=1S/4C12H15Si.2CH2.2ClH.2Zr/c4*1-13(2,3)12-8-10-6-4-5-7-11(10)9-12;;;;;;/h4*4-9H,1-3H3;2*1H2;2*1H;;/q4*-1;;;;;2*+2/p-2.